The van der Waals surface area contributed by atoms with Crippen LogP contribution in [-0.2, 0) is 6.42 Å². The molecule has 0 aliphatic heterocycles. The Bertz CT molecular complexity index is 1100. The molecule has 0 radical (unpaired) electrons. The second-order valence-corrected chi connectivity index (χ2v) is 6.41. The standard InChI is InChI=1S/C23H20N2O3/c1-27-17-7-4-6-16(14-17)11-12-24-23(26)19-15-21(22-10-5-13-28-22)25-20-9-3-2-8-18(19)20/h2-10,13-15H,11-12H2,1H3,(H,24,26). The molecule has 0 unspecified atom stereocenters. The third-order valence-electron chi connectivity index (χ3n) is 4.57. The average molecular weight is 372 g/mol. The fraction of sp³-hybridized carbons (Fsp3) is 0.130. The van der Waals surface area contributed by atoms with E-state index in [1.54, 1.807) is 25.5 Å². The van der Waals surface area contributed by atoms with Crippen LogP contribution in [0.15, 0.2) is 77.4 Å². The molecule has 0 saturated heterocycles. The molecule has 1 N–H and O–H groups in total. The maximum atomic E-state index is 12.9. The number of ether oxygens (including phenoxy) is 1. The number of carbonyl (C=O) groups excluding carboxylic acids is 1. The summed E-state index contributed by atoms with van der Waals surface area (Å²) in [6, 6.07) is 20.9. The Labute approximate surface area is 163 Å². The molecule has 4 aromatic rings. The lowest BCUT2D eigenvalue weighted by Gasteiger charge is -2.10. The predicted octanol–water partition coefficient (Wildman–Crippen LogP) is 4.48. The van der Waals surface area contributed by atoms with E-state index in [4.69, 9.17) is 9.15 Å². The van der Waals surface area contributed by atoms with Gasteiger partial charge in [0.05, 0.1) is 24.5 Å². The van der Waals surface area contributed by atoms with E-state index in [1.165, 1.54) is 0 Å². The molecule has 0 saturated carbocycles. The maximum absolute atomic E-state index is 12.9. The number of rotatable bonds is 6. The number of carbonyl (C=O) groups is 1. The summed E-state index contributed by atoms with van der Waals surface area (Å²) in [5.74, 6) is 1.32. The van der Waals surface area contributed by atoms with Crippen LogP contribution >= 0.6 is 0 Å². The summed E-state index contributed by atoms with van der Waals surface area (Å²) in [5, 5.41) is 3.83. The Morgan fingerprint density at radius 2 is 1.96 bits per heavy atom. The zero-order valence-corrected chi connectivity index (χ0v) is 15.5. The van der Waals surface area contributed by atoms with Crippen LogP contribution in [0.5, 0.6) is 5.75 Å². The van der Waals surface area contributed by atoms with Crippen molar-refractivity contribution >= 4 is 16.8 Å². The zero-order chi connectivity index (χ0) is 19.3. The molecule has 1 amide bonds. The highest BCUT2D eigenvalue weighted by Crippen LogP contribution is 2.25. The van der Waals surface area contributed by atoms with Crippen molar-refractivity contribution in [3.05, 3.63) is 84.1 Å². The van der Waals surface area contributed by atoms with Crippen LogP contribution in [0.4, 0.5) is 0 Å². The molecular formula is C23H20N2O3. The van der Waals surface area contributed by atoms with Gasteiger partial charge in [0.25, 0.3) is 5.91 Å². The lowest BCUT2D eigenvalue weighted by atomic mass is 10.1. The first-order chi connectivity index (χ1) is 13.7. The minimum Gasteiger partial charge on any atom is -0.497 e. The lowest BCUT2D eigenvalue weighted by Crippen LogP contribution is -2.26. The molecule has 0 spiro atoms. The Hall–Kier alpha value is -3.60. The summed E-state index contributed by atoms with van der Waals surface area (Å²) >= 11 is 0. The number of nitrogens with zero attached hydrogens (tertiary/aromatic N) is 1. The number of aromatic nitrogens is 1. The van der Waals surface area contributed by atoms with Gasteiger partial charge in [0.2, 0.25) is 0 Å². The van der Waals surface area contributed by atoms with Gasteiger partial charge in [-0.15, -0.1) is 0 Å². The van der Waals surface area contributed by atoms with E-state index < -0.39 is 0 Å². The quantitative estimate of drug-likeness (QED) is 0.542. The van der Waals surface area contributed by atoms with Crippen LogP contribution < -0.4 is 10.1 Å². The van der Waals surface area contributed by atoms with Crippen molar-refractivity contribution in [3.8, 4) is 17.2 Å². The Morgan fingerprint density at radius 1 is 1.07 bits per heavy atom. The first kappa shape index (κ1) is 17.8. The number of hydrogen-bond acceptors (Lipinski definition) is 4. The first-order valence-corrected chi connectivity index (χ1v) is 9.09. The number of nitrogens with one attached hydrogen (secondary N) is 1. The molecule has 28 heavy (non-hydrogen) atoms. The third kappa shape index (κ3) is 3.74. The second-order valence-electron chi connectivity index (χ2n) is 6.41. The summed E-state index contributed by atoms with van der Waals surface area (Å²) in [7, 11) is 1.64. The van der Waals surface area contributed by atoms with Crippen LogP contribution in [0.1, 0.15) is 15.9 Å². The highest BCUT2D eigenvalue weighted by molar-refractivity contribution is 6.07. The van der Waals surface area contributed by atoms with Crippen molar-refractivity contribution in [3.63, 3.8) is 0 Å². The molecular weight excluding hydrogens is 352 g/mol. The van der Waals surface area contributed by atoms with Crippen LogP contribution in [0.3, 0.4) is 0 Å². The van der Waals surface area contributed by atoms with Crippen molar-refractivity contribution in [2.45, 2.75) is 6.42 Å². The molecule has 2 aromatic carbocycles. The van der Waals surface area contributed by atoms with E-state index in [0.717, 1.165) is 28.6 Å². The van der Waals surface area contributed by atoms with Gasteiger partial charge >= 0.3 is 0 Å². The van der Waals surface area contributed by atoms with Crippen LogP contribution in [-0.4, -0.2) is 24.5 Å². The summed E-state index contributed by atoms with van der Waals surface area (Å²) in [5.41, 5.74) is 3.09. The monoisotopic (exact) mass is 372 g/mol. The van der Waals surface area contributed by atoms with Gasteiger partial charge in [-0.3, -0.25) is 4.79 Å². The second kappa shape index (κ2) is 7.96. The number of fused-ring (bicyclic) bond motifs is 1. The average Bonchev–Trinajstić information content (AvgIpc) is 3.28. The normalized spacial score (nSPS) is 10.8. The third-order valence-corrected chi connectivity index (χ3v) is 4.57. The fourth-order valence-corrected chi connectivity index (χ4v) is 3.16. The predicted molar refractivity (Wildman–Crippen MR) is 108 cm³/mol. The van der Waals surface area contributed by atoms with Gasteiger partial charge in [0, 0.05) is 11.9 Å². The highest BCUT2D eigenvalue weighted by atomic mass is 16.5. The molecule has 5 nitrogen and oxygen atoms in total. The number of para-hydroxylation sites is 1. The Morgan fingerprint density at radius 3 is 2.79 bits per heavy atom. The fourth-order valence-electron chi connectivity index (χ4n) is 3.16. The SMILES string of the molecule is COc1cccc(CCNC(=O)c2cc(-c3ccco3)nc3ccccc23)c1. The number of benzene rings is 2. The van der Waals surface area contributed by atoms with Gasteiger partial charge in [-0.2, -0.15) is 0 Å². The lowest BCUT2D eigenvalue weighted by molar-refractivity contribution is 0.0956. The summed E-state index contributed by atoms with van der Waals surface area (Å²) in [6.45, 7) is 0.527. The van der Waals surface area contributed by atoms with Gasteiger partial charge in [-0.1, -0.05) is 30.3 Å². The molecule has 2 aromatic heterocycles. The maximum Gasteiger partial charge on any atom is 0.252 e. The van der Waals surface area contributed by atoms with Crippen molar-refractivity contribution in [1.82, 2.24) is 10.3 Å². The molecule has 0 atom stereocenters. The van der Waals surface area contributed by atoms with Crippen LogP contribution in [0, 0.1) is 0 Å². The van der Waals surface area contributed by atoms with Gasteiger partial charge in [-0.25, -0.2) is 4.98 Å². The van der Waals surface area contributed by atoms with Gasteiger partial charge in [-0.05, 0) is 48.4 Å². The van der Waals surface area contributed by atoms with Gasteiger partial charge in [0.1, 0.15) is 11.4 Å². The van der Waals surface area contributed by atoms with E-state index in [1.807, 2.05) is 54.6 Å². The minimum atomic E-state index is -0.130. The van der Waals surface area contributed by atoms with Crippen LogP contribution in [0.25, 0.3) is 22.4 Å². The minimum absolute atomic E-state index is 0.130. The van der Waals surface area contributed by atoms with Gasteiger partial charge < -0.3 is 14.5 Å². The largest absolute Gasteiger partial charge is 0.497 e. The molecule has 0 bridgehead atoms. The number of methoxy groups -OCH3 is 1. The molecule has 2 heterocycles. The molecule has 140 valence electrons. The zero-order valence-electron chi connectivity index (χ0n) is 15.5. The number of amides is 1. The van der Waals surface area contributed by atoms with Crippen molar-refractivity contribution < 1.29 is 13.9 Å². The first-order valence-electron chi connectivity index (χ1n) is 9.09. The van der Waals surface area contributed by atoms with Crippen molar-refractivity contribution in [1.29, 1.82) is 0 Å². The van der Waals surface area contributed by atoms with Gasteiger partial charge in [0.15, 0.2) is 5.76 Å². The van der Waals surface area contributed by atoms with Crippen LogP contribution in [0.2, 0.25) is 0 Å². The Kier molecular flexibility index (Phi) is 5.06. The van der Waals surface area contributed by atoms with Crippen molar-refractivity contribution in [2.75, 3.05) is 13.7 Å². The number of pyridine rings is 1. The summed E-state index contributed by atoms with van der Waals surface area (Å²) in [4.78, 5) is 17.5. The van der Waals surface area contributed by atoms with E-state index in [2.05, 4.69) is 10.3 Å². The van der Waals surface area contributed by atoms with E-state index >= 15 is 0 Å². The molecule has 0 aliphatic carbocycles. The highest BCUT2D eigenvalue weighted by Gasteiger charge is 2.14. The molecule has 4 rings (SSSR count). The molecule has 0 aliphatic rings. The molecule has 5 heteroatoms. The topological polar surface area (TPSA) is 64.4 Å². The van der Waals surface area contributed by atoms with E-state index in [9.17, 15) is 4.79 Å². The Balaban J connectivity index is 1.56. The summed E-state index contributed by atoms with van der Waals surface area (Å²) < 4.78 is 10.7. The summed E-state index contributed by atoms with van der Waals surface area (Å²) in [6.07, 6.45) is 2.32. The number of furan rings is 1. The number of hydrogen-bond donors (Lipinski definition) is 1. The van der Waals surface area contributed by atoms with E-state index in [0.29, 0.717) is 23.6 Å². The van der Waals surface area contributed by atoms with Crippen molar-refractivity contribution in [2.24, 2.45) is 0 Å². The van der Waals surface area contributed by atoms with E-state index in [-0.39, 0.29) is 5.91 Å². The molecule has 0 fully saturated rings. The smallest absolute Gasteiger partial charge is 0.252 e.